The van der Waals surface area contributed by atoms with Gasteiger partial charge in [0, 0.05) is 5.41 Å². The Morgan fingerprint density at radius 1 is 1.55 bits per heavy atom. The monoisotopic (exact) mass is 150 g/mol. The second kappa shape index (κ2) is 2.89. The van der Waals surface area contributed by atoms with Gasteiger partial charge in [-0.2, -0.15) is 0 Å². The molecule has 0 saturated heterocycles. The number of hydrogen-bond donors (Lipinski definition) is 0. The molecular formula is C11H18. The third-order valence-corrected chi connectivity index (χ3v) is 2.64. The minimum Gasteiger partial charge on any atom is -0.120 e. The average molecular weight is 150 g/mol. The van der Waals surface area contributed by atoms with Crippen molar-refractivity contribution in [2.45, 2.75) is 40.0 Å². The van der Waals surface area contributed by atoms with Crippen molar-refractivity contribution in [3.63, 3.8) is 0 Å². The Labute approximate surface area is 70.4 Å². The predicted octanol–water partition coefficient (Wildman–Crippen LogP) is 3.08. The number of terminal acetylenes is 1. The van der Waals surface area contributed by atoms with Crippen molar-refractivity contribution < 1.29 is 0 Å². The van der Waals surface area contributed by atoms with Gasteiger partial charge in [-0.05, 0) is 38.0 Å². The molecule has 0 N–H and O–H groups in total. The van der Waals surface area contributed by atoms with Crippen molar-refractivity contribution in [3.05, 3.63) is 0 Å². The van der Waals surface area contributed by atoms with E-state index in [1.807, 2.05) is 0 Å². The van der Waals surface area contributed by atoms with Crippen LogP contribution < -0.4 is 0 Å². The number of rotatable bonds is 3. The summed E-state index contributed by atoms with van der Waals surface area (Å²) < 4.78 is 0. The van der Waals surface area contributed by atoms with E-state index in [1.54, 1.807) is 0 Å². The fourth-order valence-electron chi connectivity index (χ4n) is 1.91. The molecule has 0 aromatic carbocycles. The van der Waals surface area contributed by atoms with Gasteiger partial charge >= 0.3 is 0 Å². The van der Waals surface area contributed by atoms with Crippen molar-refractivity contribution >= 4 is 0 Å². The van der Waals surface area contributed by atoms with E-state index in [1.165, 1.54) is 19.3 Å². The quantitative estimate of drug-likeness (QED) is 0.542. The molecule has 0 heterocycles. The lowest BCUT2D eigenvalue weighted by Gasteiger charge is -2.25. The highest BCUT2D eigenvalue weighted by atomic mass is 14.4. The molecule has 1 fully saturated rings. The standard InChI is InChI=1S/C11H18/c1-5-11(4,8-9(2)3)10-6-7-10/h1,9-10H,6-8H2,2-4H3. The highest BCUT2D eigenvalue weighted by molar-refractivity contribution is 5.10. The Balaban J connectivity index is 2.53. The van der Waals surface area contributed by atoms with Gasteiger partial charge in [0.1, 0.15) is 0 Å². The van der Waals surface area contributed by atoms with Gasteiger partial charge in [0.15, 0.2) is 0 Å². The first-order chi connectivity index (χ1) is 5.08. The van der Waals surface area contributed by atoms with Crippen LogP contribution in [0.25, 0.3) is 0 Å². The third kappa shape index (κ3) is 1.99. The SMILES string of the molecule is C#CC(C)(CC(C)C)C1CC1. The fraction of sp³-hybridized carbons (Fsp3) is 0.818. The van der Waals surface area contributed by atoms with Crippen LogP contribution in [0, 0.1) is 29.6 Å². The van der Waals surface area contributed by atoms with Gasteiger partial charge in [-0.1, -0.05) is 19.8 Å². The van der Waals surface area contributed by atoms with Gasteiger partial charge in [-0.15, -0.1) is 6.42 Å². The molecule has 1 aliphatic carbocycles. The lowest BCUT2D eigenvalue weighted by molar-refractivity contribution is 0.305. The second-order valence-electron chi connectivity index (χ2n) is 4.43. The Morgan fingerprint density at radius 2 is 2.09 bits per heavy atom. The lowest BCUT2D eigenvalue weighted by Crippen LogP contribution is -2.18. The number of hydrogen-bond acceptors (Lipinski definition) is 0. The molecule has 0 bridgehead atoms. The van der Waals surface area contributed by atoms with Crippen LogP contribution in [0.5, 0.6) is 0 Å². The first kappa shape index (κ1) is 8.65. The van der Waals surface area contributed by atoms with Crippen LogP contribution >= 0.6 is 0 Å². The molecule has 1 rings (SSSR count). The highest BCUT2D eigenvalue weighted by Gasteiger charge is 2.40. The Bertz CT molecular complexity index is 169. The molecule has 0 spiro atoms. The smallest absolute Gasteiger partial charge is 0.0314 e. The second-order valence-corrected chi connectivity index (χ2v) is 4.43. The summed E-state index contributed by atoms with van der Waals surface area (Å²) in [5, 5.41) is 0. The molecule has 0 nitrogen and oxygen atoms in total. The first-order valence-corrected chi connectivity index (χ1v) is 4.56. The van der Waals surface area contributed by atoms with E-state index in [2.05, 4.69) is 26.7 Å². The van der Waals surface area contributed by atoms with Crippen LogP contribution in [0.4, 0.5) is 0 Å². The lowest BCUT2D eigenvalue weighted by atomic mass is 9.78. The van der Waals surface area contributed by atoms with E-state index < -0.39 is 0 Å². The molecule has 62 valence electrons. The topological polar surface area (TPSA) is 0 Å². The zero-order valence-corrected chi connectivity index (χ0v) is 7.85. The van der Waals surface area contributed by atoms with Crippen molar-refractivity contribution in [1.82, 2.24) is 0 Å². The maximum atomic E-state index is 5.55. The van der Waals surface area contributed by atoms with Crippen molar-refractivity contribution in [1.29, 1.82) is 0 Å². The largest absolute Gasteiger partial charge is 0.120 e. The van der Waals surface area contributed by atoms with Crippen LogP contribution in [0.15, 0.2) is 0 Å². The molecule has 1 saturated carbocycles. The maximum absolute atomic E-state index is 5.55. The van der Waals surface area contributed by atoms with E-state index in [4.69, 9.17) is 6.42 Å². The third-order valence-electron chi connectivity index (χ3n) is 2.64. The zero-order chi connectivity index (χ0) is 8.48. The molecule has 0 aromatic heterocycles. The van der Waals surface area contributed by atoms with E-state index in [0.29, 0.717) is 0 Å². The molecule has 0 radical (unpaired) electrons. The molecule has 0 aromatic rings. The minimum atomic E-state index is 0.203. The summed E-state index contributed by atoms with van der Waals surface area (Å²) in [6.45, 7) is 6.74. The summed E-state index contributed by atoms with van der Waals surface area (Å²) in [4.78, 5) is 0. The Hall–Kier alpha value is -0.440. The van der Waals surface area contributed by atoms with E-state index >= 15 is 0 Å². The highest BCUT2D eigenvalue weighted by Crippen LogP contribution is 2.48. The van der Waals surface area contributed by atoms with Crippen LogP contribution in [-0.2, 0) is 0 Å². The zero-order valence-electron chi connectivity index (χ0n) is 7.85. The fourth-order valence-corrected chi connectivity index (χ4v) is 1.91. The van der Waals surface area contributed by atoms with Crippen molar-refractivity contribution in [3.8, 4) is 12.3 Å². The minimum absolute atomic E-state index is 0.203. The molecule has 1 atom stereocenters. The molecular weight excluding hydrogens is 132 g/mol. The van der Waals surface area contributed by atoms with Gasteiger partial charge < -0.3 is 0 Å². The summed E-state index contributed by atoms with van der Waals surface area (Å²) in [5.74, 6) is 4.53. The first-order valence-electron chi connectivity index (χ1n) is 4.56. The van der Waals surface area contributed by atoms with E-state index in [0.717, 1.165) is 11.8 Å². The Morgan fingerprint density at radius 3 is 2.36 bits per heavy atom. The molecule has 0 amide bonds. The van der Waals surface area contributed by atoms with Gasteiger partial charge in [0.2, 0.25) is 0 Å². The van der Waals surface area contributed by atoms with Gasteiger partial charge in [-0.3, -0.25) is 0 Å². The summed E-state index contributed by atoms with van der Waals surface area (Å²) in [7, 11) is 0. The normalized spacial score (nSPS) is 22.8. The predicted molar refractivity (Wildman–Crippen MR) is 49.1 cm³/mol. The van der Waals surface area contributed by atoms with Crippen LogP contribution in [0.3, 0.4) is 0 Å². The van der Waals surface area contributed by atoms with Gasteiger partial charge in [0.05, 0.1) is 0 Å². The van der Waals surface area contributed by atoms with E-state index in [-0.39, 0.29) is 5.41 Å². The molecule has 0 heteroatoms. The molecule has 0 aliphatic heterocycles. The van der Waals surface area contributed by atoms with Crippen molar-refractivity contribution in [2.24, 2.45) is 17.3 Å². The van der Waals surface area contributed by atoms with E-state index in [9.17, 15) is 0 Å². The Kier molecular flexibility index (Phi) is 2.28. The summed E-state index contributed by atoms with van der Waals surface area (Å²) in [6.07, 6.45) is 9.44. The maximum Gasteiger partial charge on any atom is 0.0314 e. The van der Waals surface area contributed by atoms with Crippen LogP contribution in [0.2, 0.25) is 0 Å². The summed E-state index contributed by atoms with van der Waals surface area (Å²) in [6, 6.07) is 0. The van der Waals surface area contributed by atoms with Crippen LogP contribution in [-0.4, -0.2) is 0 Å². The summed E-state index contributed by atoms with van der Waals surface area (Å²) >= 11 is 0. The molecule has 1 unspecified atom stereocenters. The molecule has 1 aliphatic rings. The van der Waals surface area contributed by atoms with Crippen LogP contribution in [0.1, 0.15) is 40.0 Å². The van der Waals surface area contributed by atoms with Gasteiger partial charge in [0.25, 0.3) is 0 Å². The average Bonchev–Trinajstić information content (AvgIpc) is 2.66. The van der Waals surface area contributed by atoms with Gasteiger partial charge in [-0.25, -0.2) is 0 Å². The molecule has 11 heavy (non-hydrogen) atoms. The van der Waals surface area contributed by atoms with Crippen molar-refractivity contribution in [2.75, 3.05) is 0 Å². The summed E-state index contributed by atoms with van der Waals surface area (Å²) in [5.41, 5.74) is 0.203.